The van der Waals surface area contributed by atoms with Crippen molar-refractivity contribution in [3.8, 4) is 0 Å². The molecule has 1 aromatic rings. The van der Waals surface area contributed by atoms with E-state index in [0.717, 1.165) is 16.8 Å². The average molecular weight is 183 g/mol. The Kier molecular flexibility index (Phi) is 2.71. The highest BCUT2D eigenvalue weighted by atomic mass is 35.5. The van der Waals surface area contributed by atoms with Crippen LogP contribution >= 0.6 is 11.6 Å². The molecule has 0 atom stereocenters. The summed E-state index contributed by atoms with van der Waals surface area (Å²) >= 11 is 5.64. The summed E-state index contributed by atoms with van der Waals surface area (Å²) in [6, 6.07) is 5.77. The monoisotopic (exact) mass is 182 g/mol. The van der Waals surface area contributed by atoms with Gasteiger partial charge >= 0.3 is 0 Å². The molecule has 3 heteroatoms. The first kappa shape index (κ1) is 9.07. The van der Waals surface area contributed by atoms with Gasteiger partial charge in [0.15, 0.2) is 0 Å². The molecule has 12 heavy (non-hydrogen) atoms. The first-order valence-electron chi connectivity index (χ1n) is 3.68. The van der Waals surface area contributed by atoms with Crippen LogP contribution in [0, 0.1) is 12.3 Å². The molecule has 0 saturated heterocycles. The maximum absolute atomic E-state index is 7.35. The highest BCUT2D eigenvalue weighted by Gasteiger charge is 2.06. The highest BCUT2D eigenvalue weighted by Crippen LogP contribution is 2.20. The lowest BCUT2D eigenvalue weighted by atomic mass is 10.1. The third-order valence-corrected chi connectivity index (χ3v) is 1.95. The fourth-order valence-corrected chi connectivity index (χ4v) is 1.42. The lowest BCUT2D eigenvalue weighted by molar-refractivity contribution is 1.39. The molecular weight excluding hydrogens is 172 g/mol. The van der Waals surface area contributed by atoms with Crippen LogP contribution in [0.3, 0.4) is 0 Å². The minimum absolute atomic E-state index is 0.0810. The Morgan fingerprint density at radius 2 is 2.17 bits per heavy atom. The number of nitrogens with one attached hydrogen (secondary N) is 2. The van der Waals surface area contributed by atoms with Gasteiger partial charge in [-0.15, -0.1) is 0 Å². The summed E-state index contributed by atoms with van der Waals surface area (Å²) in [7, 11) is 1.82. The quantitative estimate of drug-likeness (QED) is 0.678. The summed E-state index contributed by atoms with van der Waals surface area (Å²) in [5.74, 6) is 0. The number of benzene rings is 1. The first-order valence-corrected chi connectivity index (χ1v) is 4.06. The molecule has 0 aliphatic carbocycles. The largest absolute Gasteiger partial charge is 0.388 e. The summed E-state index contributed by atoms with van der Waals surface area (Å²) in [4.78, 5) is 0. The number of hydrogen-bond donors (Lipinski definition) is 2. The molecule has 64 valence electrons. The van der Waals surface area contributed by atoms with E-state index in [0.29, 0.717) is 0 Å². The van der Waals surface area contributed by atoms with Crippen molar-refractivity contribution in [1.82, 2.24) is 0 Å². The topological polar surface area (TPSA) is 35.9 Å². The second-order valence-corrected chi connectivity index (χ2v) is 2.94. The molecule has 0 aromatic heterocycles. The van der Waals surface area contributed by atoms with Gasteiger partial charge in [0.05, 0.1) is 0 Å². The molecule has 0 unspecified atom stereocenters. The molecule has 2 nitrogen and oxygen atoms in total. The highest BCUT2D eigenvalue weighted by molar-refractivity contribution is 6.69. The van der Waals surface area contributed by atoms with E-state index < -0.39 is 0 Å². The number of hydrogen-bond acceptors (Lipinski definition) is 2. The molecule has 0 spiro atoms. The third-order valence-electron chi connectivity index (χ3n) is 1.76. The van der Waals surface area contributed by atoms with Crippen LogP contribution in [-0.4, -0.2) is 12.2 Å². The second kappa shape index (κ2) is 3.59. The Morgan fingerprint density at radius 1 is 1.50 bits per heavy atom. The lowest BCUT2D eigenvalue weighted by Gasteiger charge is -2.08. The van der Waals surface area contributed by atoms with E-state index in [1.807, 2.05) is 32.2 Å². The zero-order valence-electron chi connectivity index (χ0n) is 7.11. The number of aryl methyl sites for hydroxylation is 1. The van der Waals surface area contributed by atoms with Crippen molar-refractivity contribution >= 4 is 22.5 Å². The van der Waals surface area contributed by atoms with Crippen LogP contribution in [0.5, 0.6) is 0 Å². The van der Waals surface area contributed by atoms with Gasteiger partial charge < -0.3 is 5.32 Å². The summed E-state index contributed by atoms with van der Waals surface area (Å²) in [6.45, 7) is 1.94. The average Bonchev–Trinajstić information content (AvgIpc) is 2.03. The standard InChI is InChI=1S/C9H11ClN2/c1-6-4-3-5-7(12-2)8(6)9(10)11/h3-5,11-12H,1-2H3. The van der Waals surface area contributed by atoms with Crippen LogP contribution in [0.4, 0.5) is 5.69 Å². The van der Waals surface area contributed by atoms with E-state index in [1.165, 1.54) is 0 Å². The predicted molar refractivity (Wildman–Crippen MR) is 53.4 cm³/mol. The van der Waals surface area contributed by atoms with Gasteiger partial charge in [0.1, 0.15) is 5.17 Å². The van der Waals surface area contributed by atoms with Crippen LogP contribution in [0.2, 0.25) is 0 Å². The molecule has 0 fully saturated rings. The summed E-state index contributed by atoms with van der Waals surface area (Å²) in [5, 5.41) is 10.4. The van der Waals surface area contributed by atoms with Crippen molar-refractivity contribution in [3.05, 3.63) is 29.3 Å². The maximum Gasteiger partial charge on any atom is 0.130 e. The van der Waals surface area contributed by atoms with Crippen molar-refractivity contribution in [2.75, 3.05) is 12.4 Å². The molecule has 0 aliphatic heterocycles. The van der Waals surface area contributed by atoms with Crippen molar-refractivity contribution in [1.29, 1.82) is 5.41 Å². The molecule has 0 radical (unpaired) electrons. The molecule has 0 heterocycles. The fraction of sp³-hybridized carbons (Fsp3) is 0.222. The minimum atomic E-state index is 0.0810. The molecule has 2 N–H and O–H groups in total. The molecule has 1 rings (SSSR count). The van der Waals surface area contributed by atoms with Crippen LogP contribution in [-0.2, 0) is 0 Å². The first-order chi connectivity index (χ1) is 5.66. The van der Waals surface area contributed by atoms with E-state index >= 15 is 0 Å². The Balaban J connectivity index is 3.29. The van der Waals surface area contributed by atoms with Crippen molar-refractivity contribution in [2.24, 2.45) is 0 Å². The van der Waals surface area contributed by atoms with Gasteiger partial charge in [0, 0.05) is 18.3 Å². The van der Waals surface area contributed by atoms with Crippen molar-refractivity contribution in [2.45, 2.75) is 6.92 Å². The Bertz CT molecular complexity index is 307. The van der Waals surface area contributed by atoms with Gasteiger partial charge in [0.2, 0.25) is 0 Å². The van der Waals surface area contributed by atoms with Crippen LogP contribution in [0.1, 0.15) is 11.1 Å². The van der Waals surface area contributed by atoms with Crippen molar-refractivity contribution in [3.63, 3.8) is 0 Å². The second-order valence-electron chi connectivity index (χ2n) is 2.56. The van der Waals surface area contributed by atoms with E-state index in [1.54, 1.807) is 0 Å². The third kappa shape index (κ3) is 1.59. The zero-order valence-corrected chi connectivity index (χ0v) is 7.87. The van der Waals surface area contributed by atoms with Gasteiger partial charge in [-0.3, -0.25) is 5.41 Å². The van der Waals surface area contributed by atoms with Crippen LogP contribution in [0.15, 0.2) is 18.2 Å². The minimum Gasteiger partial charge on any atom is -0.388 e. The maximum atomic E-state index is 7.35. The van der Waals surface area contributed by atoms with Crippen LogP contribution in [0.25, 0.3) is 0 Å². The molecule has 0 saturated carbocycles. The normalized spacial score (nSPS) is 9.58. The molecular formula is C9H11ClN2. The van der Waals surface area contributed by atoms with Gasteiger partial charge in [-0.1, -0.05) is 23.7 Å². The Hall–Kier alpha value is -1.02. The van der Waals surface area contributed by atoms with E-state index in [2.05, 4.69) is 5.32 Å². The van der Waals surface area contributed by atoms with Gasteiger partial charge in [-0.05, 0) is 18.6 Å². The molecule has 0 amide bonds. The van der Waals surface area contributed by atoms with E-state index in [4.69, 9.17) is 17.0 Å². The SMILES string of the molecule is CNc1cccc(C)c1C(=N)Cl. The van der Waals surface area contributed by atoms with E-state index in [9.17, 15) is 0 Å². The molecule has 1 aromatic carbocycles. The van der Waals surface area contributed by atoms with E-state index in [-0.39, 0.29) is 5.17 Å². The smallest absolute Gasteiger partial charge is 0.130 e. The number of rotatable bonds is 2. The number of anilines is 1. The van der Waals surface area contributed by atoms with Gasteiger partial charge in [-0.25, -0.2) is 0 Å². The predicted octanol–water partition coefficient (Wildman–Crippen LogP) is 2.60. The zero-order chi connectivity index (χ0) is 9.14. The summed E-state index contributed by atoms with van der Waals surface area (Å²) < 4.78 is 0. The fourth-order valence-electron chi connectivity index (χ4n) is 1.17. The summed E-state index contributed by atoms with van der Waals surface area (Å²) in [6.07, 6.45) is 0. The molecule has 0 bridgehead atoms. The van der Waals surface area contributed by atoms with Gasteiger partial charge in [-0.2, -0.15) is 0 Å². The lowest BCUT2D eigenvalue weighted by Crippen LogP contribution is -2.00. The Morgan fingerprint density at radius 3 is 2.58 bits per heavy atom. The molecule has 0 aliphatic rings. The van der Waals surface area contributed by atoms with Crippen LogP contribution < -0.4 is 5.32 Å². The van der Waals surface area contributed by atoms with Crippen molar-refractivity contribution < 1.29 is 0 Å². The summed E-state index contributed by atoms with van der Waals surface area (Å²) in [5.41, 5.74) is 2.69. The van der Waals surface area contributed by atoms with Gasteiger partial charge in [0.25, 0.3) is 0 Å². The Labute approximate surface area is 77.1 Å². The number of halogens is 1.